The minimum Gasteiger partial charge on any atom is -0.334 e. The van der Waals surface area contributed by atoms with Gasteiger partial charge in [0.25, 0.3) is 5.91 Å². The maximum absolute atomic E-state index is 12.2. The van der Waals surface area contributed by atoms with Gasteiger partial charge >= 0.3 is 6.03 Å². The van der Waals surface area contributed by atoms with Crippen LogP contribution in [0.3, 0.4) is 0 Å². The Kier molecular flexibility index (Phi) is 6.54. The molecule has 2 aromatic rings. The molecule has 1 unspecified atom stereocenters. The molecule has 0 radical (unpaired) electrons. The summed E-state index contributed by atoms with van der Waals surface area (Å²) < 4.78 is 0. The highest BCUT2D eigenvalue weighted by atomic mass is 16.5. The van der Waals surface area contributed by atoms with E-state index >= 15 is 0 Å². The van der Waals surface area contributed by atoms with E-state index in [1.165, 1.54) is 0 Å². The van der Waals surface area contributed by atoms with Crippen LogP contribution in [0.5, 0.6) is 0 Å². The van der Waals surface area contributed by atoms with E-state index in [-0.39, 0.29) is 18.0 Å². The lowest BCUT2D eigenvalue weighted by molar-refractivity contribution is 0.0706. The van der Waals surface area contributed by atoms with Crippen molar-refractivity contribution in [1.82, 2.24) is 16.1 Å². The second kappa shape index (κ2) is 8.84. The normalized spacial score (nSPS) is 11.7. The van der Waals surface area contributed by atoms with Gasteiger partial charge in [0.15, 0.2) is 0 Å². The topological polar surface area (TPSA) is 90.5 Å². The van der Waals surface area contributed by atoms with Gasteiger partial charge in [0, 0.05) is 12.1 Å². The molecule has 0 fully saturated rings. The predicted octanol–water partition coefficient (Wildman–Crippen LogP) is 3.00. The third kappa shape index (κ3) is 5.32. The van der Waals surface area contributed by atoms with Gasteiger partial charge in [-0.25, -0.2) is 10.3 Å². The number of urea groups is 1. The molecule has 25 heavy (non-hydrogen) atoms. The molecule has 0 aliphatic heterocycles. The monoisotopic (exact) mass is 341 g/mol. The van der Waals surface area contributed by atoms with E-state index < -0.39 is 5.91 Å². The number of hydrogen-bond acceptors (Lipinski definition) is 3. The molecule has 0 saturated heterocycles. The molecule has 0 heterocycles. The van der Waals surface area contributed by atoms with Crippen LogP contribution in [0.25, 0.3) is 0 Å². The molecule has 0 aliphatic rings. The quantitative estimate of drug-likeness (QED) is 0.481. The smallest absolute Gasteiger partial charge is 0.315 e. The van der Waals surface area contributed by atoms with Crippen LogP contribution in [0, 0.1) is 5.92 Å². The van der Waals surface area contributed by atoms with Crippen LogP contribution in [-0.2, 0) is 6.54 Å². The van der Waals surface area contributed by atoms with Crippen molar-refractivity contribution < 1.29 is 14.8 Å². The van der Waals surface area contributed by atoms with Crippen LogP contribution in [0.15, 0.2) is 54.6 Å². The maximum atomic E-state index is 12.2. The zero-order chi connectivity index (χ0) is 18.2. The van der Waals surface area contributed by atoms with Crippen LogP contribution < -0.4 is 16.1 Å². The minimum atomic E-state index is -0.568. The van der Waals surface area contributed by atoms with E-state index in [0.717, 1.165) is 11.1 Å². The van der Waals surface area contributed by atoms with Crippen LogP contribution >= 0.6 is 0 Å². The first-order valence-electron chi connectivity index (χ1n) is 8.14. The maximum Gasteiger partial charge on any atom is 0.315 e. The Morgan fingerprint density at radius 3 is 2.20 bits per heavy atom. The fourth-order valence-electron chi connectivity index (χ4n) is 2.51. The first kappa shape index (κ1) is 18.5. The highest BCUT2D eigenvalue weighted by molar-refractivity contribution is 5.93. The summed E-state index contributed by atoms with van der Waals surface area (Å²) in [5.41, 5.74) is 3.86. The zero-order valence-electron chi connectivity index (χ0n) is 14.3. The van der Waals surface area contributed by atoms with E-state index in [9.17, 15) is 9.59 Å². The van der Waals surface area contributed by atoms with Gasteiger partial charge in [0.05, 0.1) is 6.04 Å². The SMILES string of the molecule is CC(C)C(NC(=O)NCc1ccccc1)c1ccc(C(=O)NO)cc1. The van der Waals surface area contributed by atoms with E-state index in [1.807, 2.05) is 44.2 Å². The van der Waals surface area contributed by atoms with E-state index in [0.29, 0.717) is 12.1 Å². The van der Waals surface area contributed by atoms with Gasteiger partial charge in [0.2, 0.25) is 0 Å². The second-order valence-corrected chi connectivity index (χ2v) is 6.10. The molecule has 6 nitrogen and oxygen atoms in total. The zero-order valence-corrected chi connectivity index (χ0v) is 14.3. The highest BCUT2D eigenvalue weighted by Crippen LogP contribution is 2.22. The fourth-order valence-corrected chi connectivity index (χ4v) is 2.51. The van der Waals surface area contributed by atoms with Gasteiger partial charge in [-0.15, -0.1) is 0 Å². The molecular formula is C19H23N3O3. The van der Waals surface area contributed by atoms with Gasteiger partial charge in [-0.2, -0.15) is 0 Å². The summed E-state index contributed by atoms with van der Waals surface area (Å²) in [6, 6.07) is 16.0. The number of hydroxylamine groups is 1. The summed E-state index contributed by atoms with van der Waals surface area (Å²) in [5, 5.41) is 14.5. The van der Waals surface area contributed by atoms with Crippen molar-refractivity contribution in [3.05, 3.63) is 71.3 Å². The molecule has 0 bridgehead atoms. The molecule has 2 aromatic carbocycles. The van der Waals surface area contributed by atoms with Crippen molar-refractivity contribution in [2.45, 2.75) is 26.4 Å². The van der Waals surface area contributed by atoms with Crippen molar-refractivity contribution in [3.63, 3.8) is 0 Å². The molecule has 2 rings (SSSR count). The number of carbonyl (C=O) groups excluding carboxylic acids is 2. The largest absolute Gasteiger partial charge is 0.334 e. The predicted molar refractivity (Wildman–Crippen MR) is 95.1 cm³/mol. The van der Waals surface area contributed by atoms with Gasteiger partial charge in [0.1, 0.15) is 0 Å². The van der Waals surface area contributed by atoms with Gasteiger partial charge in [-0.1, -0.05) is 56.3 Å². The molecule has 132 valence electrons. The Morgan fingerprint density at radius 1 is 1.00 bits per heavy atom. The Balaban J connectivity index is 2.00. The van der Waals surface area contributed by atoms with Gasteiger partial charge in [-0.05, 0) is 29.2 Å². The van der Waals surface area contributed by atoms with E-state index in [4.69, 9.17) is 5.21 Å². The minimum absolute atomic E-state index is 0.167. The first-order valence-corrected chi connectivity index (χ1v) is 8.14. The lowest BCUT2D eigenvalue weighted by atomic mass is 9.95. The Labute approximate surface area is 147 Å². The average Bonchev–Trinajstić information content (AvgIpc) is 2.64. The van der Waals surface area contributed by atoms with Crippen molar-refractivity contribution in [2.75, 3.05) is 0 Å². The Bertz CT molecular complexity index is 700. The lowest BCUT2D eigenvalue weighted by Gasteiger charge is -2.23. The molecular weight excluding hydrogens is 318 g/mol. The Hall–Kier alpha value is -2.86. The summed E-state index contributed by atoms with van der Waals surface area (Å²) in [5.74, 6) is -0.402. The first-order chi connectivity index (χ1) is 12.0. The molecule has 0 spiro atoms. The average molecular weight is 341 g/mol. The van der Waals surface area contributed by atoms with Crippen molar-refractivity contribution in [2.24, 2.45) is 5.92 Å². The van der Waals surface area contributed by atoms with Gasteiger partial charge < -0.3 is 10.6 Å². The number of amides is 3. The molecule has 4 N–H and O–H groups in total. The molecule has 0 saturated carbocycles. The highest BCUT2D eigenvalue weighted by Gasteiger charge is 2.18. The summed E-state index contributed by atoms with van der Waals surface area (Å²) in [7, 11) is 0. The lowest BCUT2D eigenvalue weighted by Crippen LogP contribution is -2.39. The summed E-state index contributed by atoms with van der Waals surface area (Å²) in [6.07, 6.45) is 0. The standard InChI is InChI=1S/C19H23N3O3/c1-13(2)17(15-8-10-16(11-9-15)18(23)22-25)21-19(24)20-12-14-6-4-3-5-7-14/h3-11,13,17,25H,12H2,1-2H3,(H,22,23)(H2,20,21,24). The van der Waals surface area contributed by atoms with Crippen molar-refractivity contribution in [3.8, 4) is 0 Å². The van der Waals surface area contributed by atoms with Crippen LogP contribution in [-0.4, -0.2) is 17.1 Å². The number of benzene rings is 2. The number of nitrogens with one attached hydrogen (secondary N) is 3. The molecule has 0 aliphatic carbocycles. The van der Waals surface area contributed by atoms with Crippen molar-refractivity contribution in [1.29, 1.82) is 0 Å². The van der Waals surface area contributed by atoms with E-state index in [2.05, 4.69) is 10.6 Å². The van der Waals surface area contributed by atoms with Crippen LogP contribution in [0.1, 0.15) is 41.4 Å². The summed E-state index contributed by atoms with van der Waals surface area (Å²) in [6.45, 7) is 4.47. The van der Waals surface area contributed by atoms with Gasteiger partial charge in [-0.3, -0.25) is 10.0 Å². The molecule has 3 amide bonds. The van der Waals surface area contributed by atoms with Crippen LogP contribution in [0.2, 0.25) is 0 Å². The second-order valence-electron chi connectivity index (χ2n) is 6.10. The Morgan fingerprint density at radius 2 is 1.64 bits per heavy atom. The number of hydrogen-bond donors (Lipinski definition) is 4. The molecule has 6 heteroatoms. The summed E-state index contributed by atoms with van der Waals surface area (Å²) >= 11 is 0. The number of carbonyl (C=O) groups is 2. The summed E-state index contributed by atoms with van der Waals surface area (Å²) in [4.78, 5) is 23.6. The van der Waals surface area contributed by atoms with E-state index in [1.54, 1.807) is 29.7 Å². The third-order valence-corrected chi connectivity index (χ3v) is 3.88. The van der Waals surface area contributed by atoms with Crippen LogP contribution in [0.4, 0.5) is 4.79 Å². The molecule has 0 aromatic heterocycles. The fraction of sp³-hybridized carbons (Fsp3) is 0.263. The van der Waals surface area contributed by atoms with Crippen molar-refractivity contribution >= 4 is 11.9 Å². The molecule has 1 atom stereocenters. The number of rotatable bonds is 6. The third-order valence-electron chi connectivity index (χ3n) is 3.88.